The van der Waals surface area contributed by atoms with E-state index < -0.39 is 7.12 Å². The summed E-state index contributed by atoms with van der Waals surface area (Å²) in [6, 6.07) is 3.37. The highest BCUT2D eigenvalue weighted by Crippen LogP contribution is 2.21. The predicted molar refractivity (Wildman–Crippen MR) is 58.2 cm³/mol. The van der Waals surface area contributed by atoms with Gasteiger partial charge in [-0.05, 0) is 30.4 Å². The van der Waals surface area contributed by atoms with Crippen molar-refractivity contribution in [3.8, 4) is 5.75 Å². The topological polar surface area (TPSA) is 58.9 Å². The van der Waals surface area contributed by atoms with E-state index in [2.05, 4.69) is 0 Å². The Hall–Kier alpha value is -1.04. The van der Waals surface area contributed by atoms with Crippen LogP contribution in [-0.2, 0) is 4.74 Å². The molecule has 0 radical (unpaired) electrons. The van der Waals surface area contributed by atoms with Crippen LogP contribution in [0.2, 0.25) is 0 Å². The second-order valence-electron chi connectivity index (χ2n) is 3.41. The van der Waals surface area contributed by atoms with Gasteiger partial charge in [0.05, 0.1) is 0 Å². The maximum absolute atomic E-state index is 9.03. The van der Waals surface area contributed by atoms with Crippen molar-refractivity contribution in [1.29, 1.82) is 0 Å². The minimum absolute atomic E-state index is 0.183. The molecule has 0 saturated carbocycles. The average molecular weight is 210 g/mol. The van der Waals surface area contributed by atoms with E-state index in [-0.39, 0.29) is 6.79 Å². The molecule has 0 amide bonds. The standard InChI is InChI=1S/C10H15BO4/c1-7-4-9(11(12)13)5-8(2)10(7)15-6-14-3/h4-5,12-13H,6H2,1-3H3. The number of hydrogen-bond acceptors (Lipinski definition) is 4. The van der Waals surface area contributed by atoms with Crippen LogP contribution < -0.4 is 10.2 Å². The van der Waals surface area contributed by atoms with Gasteiger partial charge in [-0.3, -0.25) is 0 Å². The van der Waals surface area contributed by atoms with Gasteiger partial charge in [0, 0.05) is 7.11 Å². The van der Waals surface area contributed by atoms with E-state index in [9.17, 15) is 0 Å². The zero-order valence-electron chi connectivity index (χ0n) is 9.15. The van der Waals surface area contributed by atoms with Crippen molar-refractivity contribution in [3.63, 3.8) is 0 Å². The maximum atomic E-state index is 9.03. The lowest BCUT2D eigenvalue weighted by Gasteiger charge is -2.13. The van der Waals surface area contributed by atoms with Crippen LogP contribution in [0.4, 0.5) is 0 Å². The van der Waals surface area contributed by atoms with E-state index in [1.165, 1.54) is 0 Å². The molecule has 0 fully saturated rings. The van der Waals surface area contributed by atoms with Gasteiger partial charge in [0.15, 0.2) is 6.79 Å². The van der Waals surface area contributed by atoms with Crippen molar-refractivity contribution in [2.75, 3.05) is 13.9 Å². The van der Waals surface area contributed by atoms with Crippen molar-refractivity contribution < 1.29 is 19.5 Å². The normalized spacial score (nSPS) is 10.2. The molecule has 0 aliphatic heterocycles. The van der Waals surface area contributed by atoms with Gasteiger partial charge in [0.25, 0.3) is 0 Å². The van der Waals surface area contributed by atoms with Crippen LogP contribution >= 0.6 is 0 Å². The highest BCUT2D eigenvalue weighted by atomic mass is 16.7. The molecule has 1 aromatic carbocycles. The summed E-state index contributed by atoms with van der Waals surface area (Å²) in [5.41, 5.74) is 2.18. The fourth-order valence-electron chi connectivity index (χ4n) is 1.48. The lowest BCUT2D eigenvalue weighted by Crippen LogP contribution is -2.30. The SMILES string of the molecule is COCOc1c(C)cc(B(O)O)cc1C. The van der Waals surface area contributed by atoms with Crippen LogP contribution in [-0.4, -0.2) is 31.1 Å². The summed E-state index contributed by atoms with van der Waals surface area (Å²) >= 11 is 0. The average Bonchev–Trinajstić information content (AvgIpc) is 2.16. The molecule has 0 saturated heterocycles. The molecule has 5 heteroatoms. The highest BCUT2D eigenvalue weighted by molar-refractivity contribution is 6.58. The van der Waals surface area contributed by atoms with Crippen LogP contribution in [0.15, 0.2) is 12.1 Å². The third-order valence-corrected chi connectivity index (χ3v) is 2.10. The zero-order chi connectivity index (χ0) is 11.4. The van der Waals surface area contributed by atoms with Crippen molar-refractivity contribution in [2.24, 2.45) is 0 Å². The molecular formula is C10H15BO4. The monoisotopic (exact) mass is 210 g/mol. The van der Waals surface area contributed by atoms with Gasteiger partial charge in [-0.25, -0.2) is 0 Å². The van der Waals surface area contributed by atoms with E-state index >= 15 is 0 Å². The molecule has 82 valence electrons. The van der Waals surface area contributed by atoms with Crippen LogP contribution in [0.5, 0.6) is 5.75 Å². The number of aryl methyl sites for hydroxylation is 2. The van der Waals surface area contributed by atoms with E-state index in [0.29, 0.717) is 5.46 Å². The van der Waals surface area contributed by atoms with Crippen LogP contribution in [0, 0.1) is 13.8 Å². The Balaban J connectivity index is 2.99. The molecular weight excluding hydrogens is 195 g/mol. The Morgan fingerprint density at radius 1 is 1.20 bits per heavy atom. The van der Waals surface area contributed by atoms with E-state index in [1.54, 1.807) is 19.2 Å². The minimum Gasteiger partial charge on any atom is -0.467 e. The Kier molecular flexibility index (Phi) is 4.14. The highest BCUT2D eigenvalue weighted by Gasteiger charge is 2.14. The first-order chi connectivity index (χ1) is 7.06. The van der Waals surface area contributed by atoms with Gasteiger partial charge in [0.2, 0.25) is 0 Å². The summed E-state index contributed by atoms with van der Waals surface area (Å²) in [6.45, 7) is 3.89. The summed E-state index contributed by atoms with van der Waals surface area (Å²) in [5, 5.41) is 18.1. The molecule has 0 unspecified atom stereocenters. The number of hydrogen-bond donors (Lipinski definition) is 2. The number of ether oxygens (including phenoxy) is 2. The summed E-state index contributed by atoms with van der Waals surface area (Å²) in [6.07, 6.45) is 0. The van der Waals surface area contributed by atoms with Gasteiger partial charge in [-0.15, -0.1) is 0 Å². The van der Waals surface area contributed by atoms with Crippen molar-refractivity contribution in [1.82, 2.24) is 0 Å². The van der Waals surface area contributed by atoms with E-state index in [0.717, 1.165) is 16.9 Å². The Bertz CT molecular complexity index is 315. The van der Waals surface area contributed by atoms with Crippen LogP contribution in [0.25, 0.3) is 0 Å². The summed E-state index contributed by atoms with van der Waals surface area (Å²) in [7, 11) is 0.107. The molecule has 1 rings (SSSR count). The van der Waals surface area contributed by atoms with Gasteiger partial charge >= 0.3 is 7.12 Å². The molecule has 0 heterocycles. The van der Waals surface area contributed by atoms with Crippen molar-refractivity contribution >= 4 is 12.6 Å². The largest absolute Gasteiger partial charge is 0.488 e. The molecule has 15 heavy (non-hydrogen) atoms. The maximum Gasteiger partial charge on any atom is 0.488 e. The van der Waals surface area contributed by atoms with Gasteiger partial charge < -0.3 is 19.5 Å². The molecule has 0 bridgehead atoms. The fraction of sp³-hybridized carbons (Fsp3) is 0.400. The molecule has 4 nitrogen and oxygen atoms in total. The number of benzene rings is 1. The van der Waals surface area contributed by atoms with Crippen LogP contribution in [0.1, 0.15) is 11.1 Å². The second kappa shape index (κ2) is 5.16. The third-order valence-electron chi connectivity index (χ3n) is 2.10. The Morgan fingerprint density at radius 2 is 1.73 bits per heavy atom. The Morgan fingerprint density at radius 3 is 2.13 bits per heavy atom. The van der Waals surface area contributed by atoms with Gasteiger partial charge in [-0.1, -0.05) is 12.1 Å². The molecule has 2 N–H and O–H groups in total. The summed E-state index contributed by atoms with van der Waals surface area (Å²) in [5.74, 6) is 0.723. The van der Waals surface area contributed by atoms with Crippen molar-refractivity contribution in [3.05, 3.63) is 23.3 Å². The first-order valence-corrected chi connectivity index (χ1v) is 4.65. The summed E-state index contributed by atoms with van der Waals surface area (Å²) < 4.78 is 10.2. The molecule has 0 atom stereocenters. The Labute approximate surface area is 89.6 Å². The number of methoxy groups -OCH3 is 1. The number of rotatable bonds is 4. The zero-order valence-corrected chi connectivity index (χ0v) is 9.15. The molecule has 1 aromatic rings. The first-order valence-electron chi connectivity index (χ1n) is 4.65. The quantitative estimate of drug-likeness (QED) is 0.541. The van der Waals surface area contributed by atoms with Gasteiger partial charge in [0.1, 0.15) is 5.75 Å². The second-order valence-corrected chi connectivity index (χ2v) is 3.41. The lowest BCUT2D eigenvalue weighted by atomic mass is 9.78. The first kappa shape index (κ1) is 12.0. The fourth-order valence-corrected chi connectivity index (χ4v) is 1.48. The molecule has 0 spiro atoms. The predicted octanol–water partition coefficient (Wildman–Crippen LogP) is -0.0341. The lowest BCUT2D eigenvalue weighted by molar-refractivity contribution is 0.0501. The third kappa shape index (κ3) is 2.96. The molecule has 0 aromatic heterocycles. The molecule has 0 aliphatic carbocycles. The van der Waals surface area contributed by atoms with E-state index in [1.807, 2.05) is 13.8 Å². The minimum atomic E-state index is -1.45. The van der Waals surface area contributed by atoms with Gasteiger partial charge in [-0.2, -0.15) is 0 Å². The smallest absolute Gasteiger partial charge is 0.467 e. The van der Waals surface area contributed by atoms with E-state index in [4.69, 9.17) is 19.5 Å². The van der Waals surface area contributed by atoms with Crippen molar-refractivity contribution in [2.45, 2.75) is 13.8 Å². The molecule has 0 aliphatic rings. The van der Waals surface area contributed by atoms with Crippen LogP contribution in [0.3, 0.4) is 0 Å². The summed E-state index contributed by atoms with van der Waals surface area (Å²) in [4.78, 5) is 0.